The number of nitrogens with zero attached hydrogens (tertiary/aromatic N) is 2. The highest BCUT2D eigenvalue weighted by Gasteiger charge is 2.35. The Balaban J connectivity index is 1.74. The van der Waals surface area contributed by atoms with Gasteiger partial charge in [0.1, 0.15) is 12.6 Å². The minimum absolute atomic E-state index is 0.0698. The monoisotopic (exact) mass is 623 g/mol. The van der Waals surface area contributed by atoms with Gasteiger partial charge in [-0.1, -0.05) is 91.4 Å². The van der Waals surface area contributed by atoms with Gasteiger partial charge in [0.2, 0.25) is 11.8 Å². The summed E-state index contributed by atoms with van der Waals surface area (Å²) >= 11 is 6.51. The highest BCUT2D eigenvalue weighted by atomic mass is 35.5. The van der Waals surface area contributed by atoms with Gasteiger partial charge in [0.15, 0.2) is 0 Å². The van der Waals surface area contributed by atoms with Gasteiger partial charge in [-0.25, -0.2) is 8.42 Å². The minimum atomic E-state index is -4.13. The van der Waals surface area contributed by atoms with Gasteiger partial charge in [-0.3, -0.25) is 13.9 Å². The van der Waals surface area contributed by atoms with E-state index in [0.29, 0.717) is 22.7 Å². The van der Waals surface area contributed by atoms with Crippen molar-refractivity contribution in [1.82, 2.24) is 10.2 Å². The van der Waals surface area contributed by atoms with Crippen molar-refractivity contribution in [2.45, 2.75) is 89.7 Å². The maximum Gasteiger partial charge on any atom is 0.264 e. The average molecular weight is 624 g/mol. The zero-order valence-electron chi connectivity index (χ0n) is 25.5. The van der Waals surface area contributed by atoms with Crippen molar-refractivity contribution in [2.75, 3.05) is 10.8 Å². The molecule has 7 nitrogen and oxygen atoms in total. The molecular formula is C34H42ClN3O4S. The zero-order chi connectivity index (χ0) is 31.1. The lowest BCUT2D eigenvalue weighted by molar-refractivity contribution is -0.140. The molecule has 1 unspecified atom stereocenters. The molecule has 4 rings (SSSR count). The van der Waals surface area contributed by atoms with Crippen LogP contribution in [0.1, 0.15) is 67.7 Å². The molecular weight excluding hydrogens is 582 g/mol. The standard InChI is InChI=1S/C34H42ClN3O4S/c1-5-31(34(40)36-28-12-7-6-8-13-28)37(22-27-11-9-10-14-30(27)35)33(39)23-38(32-20-17-25(3)21-26(32)4)43(41,42)29-18-15-24(2)16-19-29/h9-11,14-21,28,31H,5-8,12-13,22-23H2,1-4H3,(H,36,40). The molecule has 1 fully saturated rings. The van der Waals surface area contributed by atoms with Gasteiger partial charge in [0.25, 0.3) is 10.0 Å². The van der Waals surface area contributed by atoms with E-state index in [9.17, 15) is 18.0 Å². The molecule has 3 aromatic carbocycles. The van der Waals surface area contributed by atoms with Crippen molar-refractivity contribution < 1.29 is 18.0 Å². The molecule has 0 saturated heterocycles. The van der Waals surface area contributed by atoms with Gasteiger partial charge >= 0.3 is 0 Å². The van der Waals surface area contributed by atoms with Gasteiger partial charge in [-0.2, -0.15) is 0 Å². The number of carbonyl (C=O) groups excluding carboxylic acids is 2. The first-order valence-electron chi connectivity index (χ1n) is 15.0. The molecule has 1 atom stereocenters. The lowest BCUT2D eigenvalue weighted by Crippen LogP contribution is -2.54. The minimum Gasteiger partial charge on any atom is -0.352 e. The molecule has 0 spiro atoms. The number of anilines is 1. The number of rotatable bonds is 11. The molecule has 0 bridgehead atoms. The van der Waals surface area contributed by atoms with E-state index in [2.05, 4.69) is 5.32 Å². The lowest BCUT2D eigenvalue weighted by Gasteiger charge is -2.35. The summed E-state index contributed by atoms with van der Waals surface area (Å²) in [4.78, 5) is 29.6. The van der Waals surface area contributed by atoms with Crippen molar-refractivity contribution in [3.63, 3.8) is 0 Å². The molecule has 2 amide bonds. The molecule has 1 aliphatic carbocycles. The SMILES string of the molecule is CCC(C(=O)NC1CCCCC1)N(Cc1ccccc1Cl)C(=O)CN(c1ccc(C)cc1C)S(=O)(=O)c1ccc(C)cc1. The van der Waals surface area contributed by atoms with Crippen LogP contribution in [0.5, 0.6) is 0 Å². The predicted octanol–water partition coefficient (Wildman–Crippen LogP) is 6.72. The van der Waals surface area contributed by atoms with Crippen LogP contribution in [-0.4, -0.2) is 43.8 Å². The number of amides is 2. The fourth-order valence-electron chi connectivity index (χ4n) is 5.71. The Morgan fingerprint density at radius 2 is 1.58 bits per heavy atom. The van der Waals surface area contributed by atoms with Crippen molar-refractivity contribution in [3.05, 3.63) is 94.0 Å². The lowest BCUT2D eigenvalue weighted by atomic mass is 9.95. The number of nitrogens with one attached hydrogen (secondary N) is 1. The Morgan fingerprint density at radius 1 is 0.930 bits per heavy atom. The van der Waals surface area contributed by atoms with Gasteiger partial charge in [0.05, 0.1) is 10.6 Å². The third-order valence-electron chi connectivity index (χ3n) is 8.14. The third kappa shape index (κ3) is 7.98. The summed E-state index contributed by atoms with van der Waals surface area (Å²) in [6, 6.07) is 18.5. The molecule has 43 heavy (non-hydrogen) atoms. The normalized spacial score (nSPS) is 14.6. The van der Waals surface area contributed by atoms with E-state index in [1.54, 1.807) is 42.5 Å². The highest BCUT2D eigenvalue weighted by Crippen LogP contribution is 2.29. The summed E-state index contributed by atoms with van der Waals surface area (Å²) < 4.78 is 29.5. The van der Waals surface area contributed by atoms with E-state index in [1.165, 1.54) is 9.21 Å². The number of sulfonamides is 1. The fourth-order valence-corrected chi connectivity index (χ4v) is 7.38. The Bertz CT molecular complexity index is 1540. The fraction of sp³-hybridized carbons (Fsp3) is 0.412. The topological polar surface area (TPSA) is 86.8 Å². The van der Waals surface area contributed by atoms with Crippen LogP contribution in [0.15, 0.2) is 71.6 Å². The van der Waals surface area contributed by atoms with E-state index in [4.69, 9.17) is 11.6 Å². The number of carbonyl (C=O) groups is 2. The van der Waals surface area contributed by atoms with E-state index in [-0.39, 0.29) is 23.4 Å². The molecule has 1 aliphatic rings. The second kappa shape index (κ2) is 14.4. The number of hydrogen-bond acceptors (Lipinski definition) is 4. The first kappa shape index (κ1) is 32.6. The molecule has 9 heteroatoms. The Morgan fingerprint density at radius 3 is 2.21 bits per heavy atom. The Kier molecular flexibility index (Phi) is 10.9. The number of hydrogen-bond donors (Lipinski definition) is 1. The van der Waals surface area contributed by atoms with Gasteiger partial charge in [0, 0.05) is 17.6 Å². The zero-order valence-corrected chi connectivity index (χ0v) is 27.0. The van der Waals surface area contributed by atoms with Crippen LogP contribution in [-0.2, 0) is 26.2 Å². The second-order valence-corrected chi connectivity index (χ2v) is 13.8. The van der Waals surface area contributed by atoms with Crippen molar-refractivity contribution >= 4 is 39.1 Å². The second-order valence-electron chi connectivity index (χ2n) is 11.5. The van der Waals surface area contributed by atoms with Crippen LogP contribution in [0.4, 0.5) is 5.69 Å². The van der Waals surface area contributed by atoms with Crippen molar-refractivity contribution in [3.8, 4) is 0 Å². The van der Waals surface area contributed by atoms with Crippen molar-refractivity contribution in [2.24, 2.45) is 0 Å². The molecule has 0 heterocycles. The van der Waals surface area contributed by atoms with Crippen LogP contribution in [0.3, 0.4) is 0 Å². The van der Waals surface area contributed by atoms with Gasteiger partial charge < -0.3 is 10.2 Å². The van der Waals surface area contributed by atoms with Gasteiger partial charge in [-0.05, 0) is 75.4 Å². The molecule has 230 valence electrons. The van der Waals surface area contributed by atoms with Crippen LogP contribution >= 0.6 is 11.6 Å². The Hall–Kier alpha value is -3.36. The molecule has 0 radical (unpaired) electrons. The van der Waals surface area contributed by atoms with Crippen LogP contribution in [0.2, 0.25) is 5.02 Å². The molecule has 0 aliphatic heterocycles. The van der Waals surface area contributed by atoms with Crippen LogP contribution < -0.4 is 9.62 Å². The number of aryl methyl sites for hydroxylation is 3. The summed E-state index contributed by atoms with van der Waals surface area (Å²) in [7, 11) is -4.13. The van der Waals surface area contributed by atoms with E-state index in [1.807, 2.05) is 52.0 Å². The third-order valence-corrected chi connectivity index (χ3v) is 10.3. The van der Waals surface area contributed by atoms with Crippen LogP contribution in [0.25, 0.3) is 0 Å². The average Bonchev–Trinajstić information content (AvgIpc) is 2.97. The summed E-state index contributed by atoms with van der Waals surface area (Å²) in [5.74, 6) is -0.713. The van der Waals surface area contributed by atoms with E-state index < -0.39 is 28.5 Å². The van der Waals surface area contributed by atoms with E-state index >= 15 is 0 Å². The van der Waals surface area contributed by atoms with E-state index in [0.717, 1.165) is 48.8 Å². The Labute approximate surface area is 261 Å². The summed E-state index contributed by atoms with van der Waals surface area (Å²) in [5, 5.41) is 3.64. The first-order chi connectivity index (χ1) is 20.5. The molecule has 1 saturated carbocycles. The number of halogens is 1. The van der Waals surface area contributed by atoms with Crippen LogP contribution in [0, 0.1) is 20.8 Å². The molecule has 1 N–H and O–H groups in total. The maximum absolute atomic E-state index is 14.3. The highest BCUT2D eigenvalue weighted by molar-refractivity contribution is 7.92. The van der Waals surface area contributed by atoms with Crippen molar-refractivity contribution in [1.29, 1.82) is 0 Å². The molecule has 0 aromatic heterocycles. The molecule has 3 aromatic rings. The van der Waals surface area contributed by atoms with Gasteiger partial charge in [-0.15, -0.1) is 0 Å². The summed E-state index contributed by atoms with van der Waals surface area (Å²) in [6.07, 6.45) is 5.47. The maximum atomic E-state index is 14.3. The summed E-state index contributed by atoms with van der Waals surface area (Å²) in [5.41, 5.74) is 3.72. The largest absolute Gasteiger partial charge is 0.352 e. The number of benzene rings is 3. The summed E-state index contributed by atoms with van der Waals surface area (Å²) in [6.45, 7) is 7.11. The smallest absolute Gasteiger partial charge is 0.264 e. The predicted molar refractivity (Wildman–Crippen MR) is 173 cm³/mol. The first-order valence-corrected chi connectivity index (χ1v) is 16.8. The quantitative estimate of drug-likeness (QED) is 0.257.